The van der Waals surface area contributed by atoms with Gasteiger partial charge in [-0.2, -0.15) is 0 Å². The van der Waals surface area contributed by atoms with Gasteiger partial charge in [0.05, 0.1) is 6.10 Å². The van der Waals surface area contributed by atoms with Gasteiger partial charge in [0.1, 0.15) is 0 Å². The largest absolute Gasteiger partial charge is 0.376 e. The number of carbonyl (C=O) groups excluding carboxylic acids is 1. The Morgan fingerprint density at radius 3 is 2.67 bits per heavy atom. The fraction of sp³-hybridized carbons (Fsp3) is 0.929. The van der Waals surface area contributed by atoms with E-state index in [-0.39, 0.29) is 17.4 Å². The van der Waals surface area contributed by atoms with Gasteiger partial charge in [-0.3, -0.25) is 4.79 Å². The van der Waals surface area contributed by atoms with E-state index in [1.54, 1.807) is 0 Å². The summed E-state index contributed by atoms with van der Waals surface area (Å²) in [6.07, 6.45) is 8.96. The fourth-order valence-electron chi connectivity index (χ4n) is 3.19. The number of ether oxygens (including phenoxy) is 1. The first-order valence-corrected chi connectivity index (χ1v) is 7.32. The molecule has 1 heterocycles. The van der Waals surface area contributed by atoms with E-state index in [4.69, 9.17) is 10.5 Å². The summed E-state index contributed by atoms with van der Waals surface area (Å²) in [5, 5.41) is 3.01. The normalized spacial score (nSPS) is 27.1. The average Bonchev–Trinajstić information content (AvgIpc) is 2.91. The third-order valence-corrected chi connectivity index (χ3v) is 4.43. The first-order valence-electron chi connectivity index (χ1n) is 7.32. The van der Waals surface area contributed by atoms with E-state index in [2.05, 4.69) is 5.32 Å². The van der Waals surface area contributed by atoms with Crippen molar-refractivity contribution < 1.29 is 9.53 Å². The molecule has 4 nitrogen and oxygen atoms in total. The second-order valence-electron chi connectivity index (χ2n) is 5.88. The molecule has 104 valence electrons. The molecule has 2 aliphatic rings. The van der Waals surface area contributed by atoms with Crippen molar-refractivity contribution in [2.75, 3.05) is 19.7 Å². The molecule has 0 aromatic heterocycles. The van der Waals surface area contributed by atoms with Crippen molar-refractivity contribution in [3.8, 4) is 0 Å². The SMILES string of the molecule is NCC1(CC(=O)NCC2CCCO2)CCCCC1. The Morgan fingerprint density at radius 1 is 1.28 bits per heavy atom. The van der Waals surface area contributed by atoms with Crippen molar-refractivity contribution in [1.82, 2.24) is 5.32 Å². The molecule has 1 amide bonds. The van der Waals surface area contributed by atoms with Gasteiger partial charge in [0, 0.05) is 19.6 Å². The number of hydrogen-bond donors (Lipinski definition) is 2. The number of rotatable bonds is 5. The predicted molar refractivity (Wildman–Crippen MR) is 71.2 cm³/mol. The van der Waals surface area contributed by atoms with Crippen molar-refractivity contribution in [2.24, 2.45) is 11.1 Å². The zero-order valence-electron chi connectivity index (χ0n) is 11.2. The van der Waals surface area contributed by atoms with E-state index >= 15 is 0 Å². The molecule has 0 bridgehead atoms. The number of hydrogen-bond acceptors (Lipinski definition) is 3. The molecule has 18 heavy (non-hydrogen) atoms. The van der Waals surface area contributed by atoms with Crippen LogP contribution in [0.2, 0.25) is 0 Å². The van der Waals surface area contributed by atoms with Crippen LogP contribution < -0.4 is 11.1 Å². The molecule has 4 heteroatoms. The van der Waals surface area contributed by atoms with Gasteiger partial charge in [0.15, 0.2) is 0 Å². The van der Waals surface area contributed by atoms with Crippen LogP contribution in [0.4, 0.5) is 0 Å². The summed E-state index contributed by atoms with van der Waals surface area (Å²) in [5.74, 6) is 0.151. The van der Waals surface area contributed by atoms with E-state index in [1.807, 2.05) is 0 Å². The zero-order valence-corrected chi connectivity index (χ0v) is 11.2. The lowest BCUT2D eigenvalue weighted by atomic mass is 9.71. The molecule has 0 spiro atoms. The summed E-state index contributed by atoms with van der Waals surface area (Å²) in [6, 6.07) is 0. The van der Waals surface area contributed by atoms with Crippen LogP contribution >= 0.6 is 0 Å². The van der Waals surface area contributed by atoms with Crippen LogP contribution in [0.3, 0.4) is 0 Å². The Bertz CT molecular complexity index is 269. The summed E-state index contributed by atoms with van der Waals surface area (Å²) >= 11 is 0. The standard InChI is InChI=1S/C14H26N2O2/c15-11-14(6-2-1-3-7-14)9-13(17)16-10-12-5-4-8-18-12/h12H,1-11,15H2,(H,16,17). The van der Waals surface area contributed by atoms with Crippen molar-refractivity contribution in [3.63, 3.8) is 0 Å². The zero-order chi connectivity index (χ0) is 12.8. The summed E-state index contributed by atoms with van der Waals surface area (Å²) < 4.78 is 5.51. The highest BCUT2D eigenvalue weighted by atomic mass is 16.5. The van der Waals surface area contributed by atoms with Gasteiger partial charge in [-0.05, 0) is 37.6 Å². The van der Waals surface area contributed by atoms with E-state index in [0.29, 0.717) is 19.5 Å². The monoisotopic (exact) mass is 254 g/mol. The molecule has 0 aromatic rings. The van der Waals surface area contributed by atoms with Crippen molar-refractivity contribution in [3.05, 3.63) is 0 Å². The minimum absolute atomic E-state index is 0.0683. The van der Waals surface area contributed by atoms with Gasteiger partial charge in [0.2, 0.25) is 5.91 Å². The average molecular weight is 254 g/mol. The summed E-state index contributed by atoms with van der Waals surface area (Å²) in [6.45, 7) is 2.15. The molecular formula is C14H26N2O2. The van der Waals surface area contributed by atoms with E-state index in [1.165, 1.54) is 19.3 Å². The predicted octanol–water partition coefficient (Wildman–Crippen LogP) is 1.58. The van der Waals surface area contributed by atoms with Gasteiger partial charge < -0.3 is 15.8 Å². The highest BCUT2D eigenvalue weighted by Gasteiger charge is 2.33. The summed E-state index contributed by atoms with van der Waals surface area (Å²) in [5.41, 5.74) is 5.97. The van der Waals surface area contributed by atoms with Crippen molar-refractivity contribution in [1.29, 1.82) is 0 Å². The highest BCUT2D eigenvalue weighted by molar-refractivity contribution is 5.76. The molecule has 0 radical (unpaired) electrons. The van der Waals surface area contributed by atoms with Crippen molar-refractivity contribution in [2.45, 2.75) is 57.5 Å². The Hall–Kier alpha value is -0.610. The van der Waals surface area contributed by atoms with Crippen LogP contribution in [0.1, 0.15) is 51.4 Å². The summed E-state index contributed by atoms with van der Waals surface area (Å²) in [4.78, 5) is 12.0. The first kappa shape index (κ1) is 13.8. The van der Waals surface area contributed by atoms with Crippen molar-refractivity contribution >= 4 is 5.91 Å². The second-order valence-corrected chi connectivity index (χ2v) is 5.88. The third-order valence-electron chi connectivity index (χ3n) is 4.43. The number of nitrogens with two attached hydrogens (primary N) is 1. The molecule has 1 aliphatic carbocycles. The van der Waals surface area contributed by atoms with Gasteiger partial charge in [-0.25, -0.2) is 0 Å². The summed E-state index contributed by atoms with van der Waals surface area (Å²) in [7, 11) is 0. The molecule has 0 aromatic carbocycles. The molecule has 1 saturated carbocycles. The first-order chi connectivity index (χ1) is 8.74. The Morgan fingerprint density at radius 2 is 2.06 bits per heavy atom. The van der Waals surface area contributed by atoms with Gasteiger partial charge in [-0.15, -0.1) is 0 Å². The van der Waals surface area contributed by atoms with E-state index < -0.39 is 0 Å². The molecule has 2 fully saturated rings. The van der Waals surface area contributed by atoms with E-state index in [0.717, 1.165) is 32.3 Å². The number of amides is 1. The van der Waals surface area contributed by atoms with Crippen LogP contribution in [0.25, 0.3) is 0 Å². The van der Waals surface area contributed by atoms with Crippen LogP contribution in [-0.4, -0.2) is 31.7 Å². The van der Waals surface area contributed by atoms with Crippen LogP contribution in [0.15, 0.2) is 0 Å². The van der Waals surface area contributed by atoms with Gasteiger partial charge in [-0.1, -0.05) is 19.3 Å². The molecule has 1 unspecified atom stereocenters. The van der Waals surface area contributed by atoms with Gasteiger partial charge in [0.25, 0.3) is 0 Å². The molecule has 1 aliphatic heterocycles. The lowest BCUT2D eigenvalue weighted by Crippen LogP contribution is -2.40. The highest BCUT2D eigenvalue weighted by Crippen LogP contribution is 2.38. The molecule has 1 atom stereocenters. The van der Waals surface area contributed by atoms with Crippen LogP contribution in [0, 0.1) is 5.41 Å². The number of nitrogens with one attached hydrogen (secondary N) is 1. The third kappa shape index (κ3) is 3.69. The minimum Gasteiger partial charge on any atom is -0.376 e. The quantitative estimate of drug-likeness (QED) is 0.783. The molecular weight excluding hydrogens is 228 g/mol. The maximum absolute atomic E-state index is 12.0. The molecule has 3 N–H and O–H groups in total. The molecule has 2 rings (SSSR count). The topological polar surface area (TPSA) is 64.4 Å². The number of carbonyl (C=O) groups is 1. The van der Waals surface area contributed by atoms with Gasteiger partial charge >= 0.3 is 0 Å². The van der Waals surface area contributed by atoms with E-state index in [9.17, 15) is 4.79 Å². The lowest BCUT2D eigenvalue weighted by Gasteiger charge is -2.35. The Labute approximate surface area is 110 Å². The minimum atomic E-state index is 0.0683. The Balaban J connectivity index is 1.74. The molecule has 1 saturated heterocycles. The second kappa shape index (κ2) is 6.53. The Kier molecular flexibility index (Phi) is 5.01. The smallest absolute Gasteiger partial charge is 0.220 e. The maximum atomic E-state index is 12.0. The lowest BCUT2D eigenvalue weighted by molar-refractivity contribution is -0.124. The maximum Gasteiger partial charge on any atom is 0.220 e. The van der Waals surface area contributed by atoms with Crippen LogP contribution in [-0.2, 0) is 9.53 Å². The fourth-order valence-corrected chi connectivity index (χ4v) is 3.19. The van der Waals surface area contributed by atoms with Crippen LogP contribution in [0.5, 0.6) is 0 Å².